The molecular formula is C28H31NO3. The molecule has 4 rings (SSSR count). The van der Waals surface area contributed by atoms with Gasteiger partial charge in [-0.1, -0.05) is 66.7 Å². The Morgan fingerprint density at radius 2 is 1.59 bits per heavy atom. The minimum atomic E-state index is -0.513. The van der Waals surface area contributed by atoms with Gasteiger partial charge in [0.25, 0.3) is 0 Å². The largest absolute Gasteiger partial charge is 0.489 e. The predicted molar refractivity (Wildman–Crippen MR) is 127 cm³/mol. The van der Waals surface area contributed by atoms with Crippen LogP contribution in [0.1, 0.15) is 48.9 Å². The van der Waals surface area contributed by atoms with Crippen LogP contribution in [0.5, 0.6) is 5.75 Å². The average Bonchev–Trinajstić information content (AvgIpc) is 3.09. The van der Waals surface area contributed by atoms with Gasteiger partial charge in [0.15, 0.2) is 0 Å². The van der Waals surface area contributed by atoms with Gasteiger partial charge in [-0.2, -0.15) is 0 Å². The fraction of sp³-hybridized carbons (Fsp3) is 0.321. The minimum absolute atomic E-state index is 0.0104. The number of carbonyl (C=O) groups excluding carboxylic acids is 1. The van der Waals surface area contributed by atoms with Gasteiger partial charge in [-0.3, -0.25) is 0 Å². The van der Waals surface area contributed by atoms with E-state index in [1.165, 1.54) is 16.7 Å². The van der Waals surface area contributed by atoms with E-state index in [1.807, 2.05) is 51.1 Å². The van der Waals surface area contributed by atoms with Crippen molar-refractivity contribution in [1.29, 1.82) is 0 Å². The van der Waals surface area contributed by atoms with Crippen LogP contribution in [0.2, 0.25) is 0 Å². The lowest BCUT2D eigenvalue weighted by Crippen LogP contribution is -2.41. The van der Waals surface area contributed by atoms with E-state index in [4.69, 9.17) is 9.47 Å². The molecule has 0 aromatic heterocycles. The Morgan fingerprint density at radius 3 is 2.31 bits per heavy atom. The van der Waals surface area contributed by atoms with Crippen LogP contribution >= 0.6 is 0 Å². The number of benzene rings is 3. The van der Waals surface area contributed by atoms with Crippen LogP contribution in [-0.4, -0.2) is 17.7 Å². The summed E-state index contributed by atoms with van der Waals surface area (Å²) in [7, 11) is 0. The molecule has 3 aromatic rings. The lowest BCUT2D eigenvalue weighted by atomic mass is 9.91. The molecular weight excluding hydrogens is 398 g/mol. The summed E-state index contributed by atoms with van der Waals surface area (Å²) in [5.41, 5.74) is 4.45. The number of ether oxygens (including phenoxy) is 2. The summed E-state index contributed by atoms with van der Waals surface area (Å²) in [6, 6.07) is 26.9. The van der Waals surface area contributed by atoms with Crippen molar-refractivity contribution in [2.45, 2.75) is 57.8 Å². The highest BCUT2D eigenvalue weighted by Crippen LogP contribution is 2.36. The molecule has 2 atom stereocenters. The van der Waals surface area contributed by atoms with Gasteiger partial charge in [-0.15, -0.1) is 0 Å². The van der Waals surface area contributed by atoms with Gasteiger partial charge in [0.05, 0.1) is 0 Å². The lowest BCUT2D eigenvalue weighted by Gasteiger charge is -2.25. The fourth-order valence-electron chi connectivity index (χ4n) is 4.26. The van der Waals surface area contributed by atoms with E-state index in [0.29, 0.717) is 6.61 Å². The molecule has 1 aliphatic rings. The standard InChI is InChI=1S/C28H31NO3/c1-28(2,3)32-27(30)29-26-18-22-11-7-8-12-24(22)25(26)17-20-13-15-23(16-14-20)31-19-21-9-5-4-6-10-21/h4-16,25-26H,17-19H2,1-3H3,(H,29,30)/t25-,26+/m1/s1. The molecule has 1 N–H and O–H groups in total. The molecule has 0 saturated carbocycles. The number of fused-ring (bicyclic) bond motifs is 1. The van der Waals surface area contributed by atoms with E-state index in [-0.39, 0.29) is 18.1 Å². The first kappa shape index (κ1) is 21.9. The highest BCUT2D eigenvalue weighted by Gasteiger charge is 2.34. The van der Waals surface area contributed by atoms with E-state index in [2.05, 4.69) is 53.8 Å². The topological polar surface area (TPSA) is 47.6 Å². The van der Waals surface area contributed by atoms with Crippen LogP contribution in [0, 0.1) is 0 Å². The highest BCUT2D eigenvalue weighted by atomic mass is 16.6. The Kier molecular flexibility index (Phi) is 6.50. The van der Waals surface area contributed by atoms with E-state index in [1.54, 1.807) is 0 Å². The van der Waals surface area contributed by atoms with Crippen molar-refractivity contribution in [3.05, 3.63) is 101 Å². The molecule has 0 radical (unpaired) electrons. The molecule has 0 unspecified atom stereocenters. The van der Waals surface area contributed by atoms with Gasteiger partial charge in [-0.05, 0) is 68.0 Å². The first-order chi connectivity index (χ1) is 15.4. The van der Waals surface area contributed by atoms with Crippen molar-refractivity contribution in [3.8, 4) is 5.75 Å². The van der Waals surface area contributed by atoms with Gasteiger partial charge < -0.3 is 14.8 Å². The maximum Gasteiger partial charge on any atom is 0.407 e. The first-order valence-electron chi connectivity index (χ1n) is 11.2. The predicted octanol–water partition coefficient (Wildman–Crippen LogP) is 6.04. The zero-order valence-corrected chi connectivity index (χ0v) is 19.0. The van der Waals surface area contributed by atoms with E-state index >= 15 is 0 Å². The summed E-state index contributed by atoms with van der Waals surface area (Å²) in [4.78, 5) is 12.4. The molecule has 4 nitrogen and oxygen atoms in total. The average molecular weight is 430 g/mol. The zero-order valence-electron chi connectivity index (χ0n) is 19.0. The lowest BCUT2D eigenvalue weighted by molar-refractivity contribution is 0.0499. The number of alkyl carbamates (subject to hydrolysis) is 1. The molecule has 1 amide bonds. The molecule has 0 aliphatic heterocycles. The first-order valence-corrected chi connectivity index (χ1v) is 11.2. The summed E-state index contributed by atoms with van der Waals surface area (Å²) in [5.74, 6) is 1.06. The molecule has 0 bridgehead atoms. The van der Waals surface area contributed by atoms with Crippen molar-refractivity contribution in [1.82, 2.24) is 5.32 Å². The van der Waals surface area contributed by atoms with Crippen molar-refractivity contribution < 1.29 is 14.3 Å². The van der Waals surface area contributed by atoms with Gasteiger partial charge in [0.2, 0.25) is 0 Å². The summed E-state index contributed by atoms with van der Waals surface area (Å²) >= 11 is 0. The number of rotatable bonds is 6. The van der Waals surface area contributed by atoms with Gasteiger partial charge in [0.1, 0.15) is 18.0 Å². The molecule has 0 saturated heterocycles. The number of carbonyl (C=O) groups is 1. The molecule has 166 valence electrons. The van der Waals surface area contributed by atoms with E-state index in [0.717, 1.165) is 24.2 Å². The summed E-state index contributed by atoms with van der Waals surface area (Å²) in [5, 5.41) is 3.12. The molecule has 1 aliphatic carbocycles. The quantitative estimate of drug-likeness (QED) is 0.519. The Hall–Kier alpha value is -3.27. The van der Waals surface area contributed by atoms with Crippen molar-refractivity contribution in [3.63, 3.8) is 0 Å². The van der Waals surface area contributed by atoms with Crippen LogP contribution in [0.15, 0.2) is 78.9 Å². The van der Waals surface area contributed by atoms with Crippen molar-refractivity contribution in [2.24, 2.45) is 0 Å². The van der Waals surface area contributed by atoms with Crippen LogP contribution in [0.4, 0.5) is 4.79 Å². The van der Waals surface area contributed by atoms with E-state index < -0.39 is 5.60 Å². The summed E-state index contributed by atoms with van der Waals surface area (Å²) in [6.07, 6.45) is 1.30. The highest BCUT2D eigenvalue weighted by molar-refractivity contribution is 5.68. The number of hydrogen-bond donors (Lipinski definition) is 1. The number of hydrogen-bond acceptors (Lipinski definition) is 3. The van der Waals surface area contributed by atoms with Gasteiger partial charge >= 0.3 is 6.09 Å². The Labute approximate surface area is 190 Å². The van der Waals surface area contributed by atoms with Crippen LogP contribution in [-0.2, 0) is 24.2 Å². The normalized spacial score (nSPS) is 17.5. The second kappa shape index (κ2) is 9.47. The second-order valence-corrected chi connectivity index (χ2v) is 9.38. The molecule has 32 heavy (non-hydrogen) atoms. The molecule has 4 heteroatoms. The van der Waals surface area contributed by atoms with Crippen LogP contribution in [0.25, 0.3) is 0 Å². The SMILES string of the molecule is CC(C)(C)OC(=O)N[C@H]1Cc2ccccc2[C@H]1Cc1ccc(OCc2ccccc2)cc1. The molecule has 0 fully saturated rings. The zero-order chi connectivity index (χ0) is 22.6. The van der Waals surface area contributed by atoms with Crippen LogP contribution in [0.3, 0.4) is 0 Å². The minimum Gasteiger partial charge on any atom is -0.489 e. The monoisotopic (exact) mass is 429 g/mol. The van der Waals surface area contributed by atoms with Crippen molar-refractivity contribution in [2.75, 3.05) is 0 Å². The summed E-state index contributed by atoms with van der Waals surface area (Å²) < 4.78 is 11.4. The molecule has 0 spiro atoms. The van der Waals surface area contributed by atoms with Crippen molar-refractivity contribution >= 4 is 6.09 Å². The van der Waals surface area contributed by atoms with Gasteiger partial charge in [0, 0.05) is 12.0 Å². The Balaban J connectivity index is 1.43. The third kappa shape index (κ3) is 5.70. The smallest absolute Gasteiger partial charge is 0.407 e. The third-order valence-corrected chi connectivity index (χ3v) is 5.71. The summed E-state index contributed by atoms with van der Waals surface area (Å²) in [6.45, 7) is 6.21. The molecule has 0 heterocycles. The molecule has 3 aromatic carbocycles. The van der Waals surface area contributed by atoms with E-state index in [9.17, 15) is 4.79 Å². The Morgan fingerprint density at radius 1 is 0.906 bits per heavy atom. The maximum atomic E-state index is 12.4. The van der Waals surface area contributed by atoms with Gasteiger partial charge in [-0.25, -0.2) is 4.79 Å². The Bertz CT molecular complexity index is 1040. The van der Waals surface area contributed by atoms with Crippen LogP contribution < -0.4 is 10.1 Å². The fourth-order valence-corrected chi connectivity index (χ4v) is 4.26. The number of nitrogens with one attached hydrogen (secondary N) is 1. The third-order valence-electron chi connectivity index (χ3n) is 5.71. The number of amides is 1. The second-order valence-electron chi connectivity index (χ2n) is 9.38. The maximum absolute atomic E-state index is 12.4.